The van der Waals surface area contributed by atoms with E-state index >= 15 is 0 Å². The van der Waals surface area contributed by atoms with Crippen molar-refractivity contribution in [3.8, 4) is 5.75 Å². The minimum atomic E-state index is -0.962. The van der Waals surface area contributed by atoms with Crippen molar-refractivity contribution in [2.24, 2.45) is 0 Å². The van der Waals surface area contributed by atoms with Gasteiger partial charge in [0.2, 0.25) is 0 Å². The van der Waals surface area contributed by atoms with Gasteiger partial charge in [0, 0.05) is 11.6 Å². The molecule has 0 aliphatic heterocycles. The van der Waals surface area contributed by atoms with Crippen LogP contribution in [-0.4, -0.2) is 23.2 Å². The first-order valence-corrected chi connectivity index (χ1v) is 4.38. The highest BCUT2D eigenvalue weighted by atomic mass is 35.5. The molecule has 1 aromatic heterocycles. The average Bonchev–Trinajstić information content (AvgIpc) is 2.27. The highest BCUT2D eigenvalue weighted by Crippen LogP contribution is 2.22. The summed E-state index contributed by atoms with van der Waals surface area (Å²) < 4.78 is 5.04. The molecule has 16 heavy (non-hydrogen) atoms. The number of rotatable bonds is 2. The van der Waals surface area contributed by atoms with Gasteiger partial charge < -0.3 is 9.84 Å². The lowest BCUT2D eigenvalue weighted by atomic mass is 10.1. The third kappa shape index (κ3) is 2.06. The van der Waals surface area contributed by atoms with Gasteiger partial charge in [-0.25, -0.2) is 4.79 Å². The molecule has 1 aromatic carbocycles. The minimum absolute atomic E-state index is 0. The monoisotopic (exact) mass is 239 g/mol. The molecular weight excluding hydrogens is 230 g/mol. The average molecular weight is 240 g/mol. The molecule has 0 aliphatic rings. The molecule has 0 atom stereocenters. The first-order valence-electron chi connectivity index (χ1n) is 4.38. The number of fused-ring (bicyclic) bond motifs is 1. The molecule has 4 nitrogen and oxygen atoms in total. The zero-order valence-corrected chi connectivity index (χ0v) is 9.32. The fourth-order valence-electron chi connectivity index (χ4n) is 1.44. The number of methoxy groups -OCH3 is 1. The van der Waals surface area contributed by atoms with Crippen LogP contribution >= 0.6 is 12.4 Å². The number of benzene rings is 1. The summed E-state index contributed by atoms with van der Waals surface area (Å²) in [6.45, 7) is 0. The van der Waals surface area contributed by atoms with E-state index in [2.05, 4.69) is 4.98 Å². The number of halogens is 1. The van der Waals surface area contributed by atoms with Crippen molar-refractivity contribution in [1.29, 1.82) is 0 Å². The van der Waals surface area contributed by atoms with Crippen LogP contribution in [0.3, 0.4) is 0 Å². The van der Waals surface area contributed by atoms with Crippen LogP contribution in [-0.2, 0) is 0 Å². The maximum absolute atomic E-state index is 10.9. The van der Waals surface area contributed by atoms with Gasteiger partial charge in [0.1, 0.15) is 5.75 Å². The maximum atomic E-state index is 10.9. The van der Waals surface area contributed by atoms with E-state index in [9.17, 15) is 4.79 Å². The van der Waals surface area contributed by atoms with Gasteiger partial charge in [-0.15, -0.1) is 12.4 Å². The quantitative estimate of drug-likeness (QED) is 0.874. The van der Waals surface area contributed by atoms with Gasteiger partial charge in [0.05, 0.1) is 18.2 Å². The number of hydrogen-bond acceptors (Lipinski definition) is 3. The van der Waals surface area contributed by atoms with Crippen LogP contribution in [0.25, 0.3) is 10.9 Å². The van der Waals surface area contributed by atoms with E-state index in [1.54, 1.807) is 18.2 Å². The smallest absolute Gasteiger partial charge is 0.336 e. The second-order valence-electron chi connectivity index (χ2n) is 3.05. The minimum Gasteiger partial charge on any atom is -0.497 e. The molecular formula is C11H10ClNO3. The van der Waals surface area contributed by atoms with Crippen molar-refractivity contribution in [3.63, 3.8) is 0 Å². The van der Waals surface area contributed by atoms with Crippen LogP contribution in [0.1, 0.15) is 10.4 Å². The van der Waals surface area contributed by atoms with Crippen molar-refractivity contribution in [2.45, 2.75) is 0 Å². The standard InChI is InChI=1S/C11H9NO3.ClH/c1-15-7-2-3-10-9(6-7)8(11(13)14)4-5-12-10;/h2-6H,1H3,(H,13,14);1H. The van der Waals surface area contributed by atoms with Gasteiger partial charge in [0.25, 0.3) is 0 Å². The number of carbonyl (C=O) groups is 1. The molecule has 0 spiro atoms. The number of carboxylic acids is 1. The van der Waals surface area contributed by atoms with Crippen LogP contribution < -0.4 is 4.74 Å². The highest BCUT2D eigenvalue weighted by Gasteiger charge is 2.09. The lowest BCUT2D eigenvalue weighted by Crippen LogP contribution is -1.98. The number of pyridine rings is 1. The lowest BCUT2D eigenvalue weighted by Gasteiger charge is -2.04. The van der Waals surface area contributed by atoms with Crippen LogP contribution in [0.15, 0.2) is 30.5 Å². The molecule has 0 saturated carbocycles. The summed E-state index contributed by atoms with van der Waals surface area (Å²) in [6, 6.07) is 6.64. The van der Waals surface area contributed by atoms with E-state index in [-0.39, 0.29) is 18.0 Å². The van der Waals surface area contributed by atoms with Gasteiger partial charge in [-0.05, 0) is 24.3 Å². The fraction of sp³-hybridized carbons (Fsp3) is 0.0909. The molecule has 0 bridgehead atoms. The van der Waals surface area contributed by atoms with Gasteiger partial charge in [-0.2, -0.15) is 0 Å². The molecule has 0 amide bonds. The summed E-state index contributed by atoms with van der Waals surface area (Å²) in [5.74, 6) is -0.339. The molecule has 0 unspecified atom stereocenters. The number of ether oxygens (including phenoxy) is 1. The van der Waals surface area contributed by atoms with Crippen LogP contribution in [0.4, 0.5) is 0 Å². The largest absolute Gasteiger partial charge is 0.497 e. The molecule has 0 fully saturated rings. The van der Waals surface area contributed by atoms with E-state index < -0.39 is 5.97 Å². The predicted octanol–water partition coefficient (Wildman–Crippen LogP) is 2.36. The lowest BCUT2D eigenvalue weighted by molar-refractivity contribution is 0.0699. The van der Waals surface area contributed by atoms with Crippen molar-refractivity contribution >= 4 is 29.3 Å². The second kappa shape index (κ2) is 4.81. The highest BCUT2D eigenvalue weighted by molar-refractivity contribution is 6.02. The van der Waals surface area contributed by atoms with Crippen LogP contribution in [0.2, 0.25) is 0 Å². The fourth-order valence-corrected chi connectivity index (χ4v) is 1.44. The third-order valence-electron chi connectivity index (χ3n) is 2.18. The SMILES string of the molecule is COc1ccc2nccc(C(=O)O)c2c1.Cl. The normalized spacial score (nSPS) is 9.56. The Balaban J connectivity index is 0.00000128. The van der Waals surface area contributed by atoms with E-state index in [0.29, 0.717) is 16.7 Å². The Bertz CT molecular complexity index is 528. The Morgan fingerprint density at radius 1 is 1.38 bits per heavy atom. The van der Waals surface area contributed by atoms with Gasteiger partial charge in [-0.1, -0.05) is 0 Å². The Kier molecular flexibility index (Phi) is 3.68. The van der Waals surface area contributed by atoms with Crippen molar-refractivity contribution in [3.05, 3.63) is 36.0 Å². The number of hydrogen-bond donors (Lipinski definition) is 1. The van der Waals surface area contributed by atoms with Gasteiger partial charge >= 0.3 is 5.97 Å². The second-order valence-corrected chi connectivity index (χ2v) is 3.05. The summed E-state index contributed by atoms with van der Waals surface area (Å²) >= 11 is 0. The summed E-state index contributed by atoms with van der Waals surface area (Å²) in [6.07, 6.45) is 1.48. The number of carboxylic acid groups (broad SMARTS) is 1. The van der Waals surface area contributed by atoms with Gasteiger partial charge in [-0.3, -0.25) is 4.98 Å². The van der Waals surface area contributed by atoms with Crippen molar-refractivity contribution < 1.29 is 14.6 Å². The molecule has 1 N–H and O–H groups in total. The molecule has 2 aromatic rings. The Hall–Kier alpha value is -1.81. The van der Waals surface area contributed by atoms with Gasteiger partial charge in [0.15, 0.2) is 0 Å². The zero-order chi connectivity index (χ0) is 10.8. The Labute approximate surface area is 98.3 Å². The molecule has 84 valence electrons. The van der Waals surface area contributed by atoms with E-state index in [1.807, 2.05) is 0 Å². The van der Waals surface area contributed by atoms with Crippen molar-refractivity contribution in [1.82, 2.24) is 4.98 Å². The topological polar surface area (TPSA) is 59.4 Å². The van der Waals surface area contributed by atoms with E-state index in [1.165, 1.54) is 19.4 Å². The first kappa shape index (κ1) is 12.3. The molecule has 0 radical (unpaired) electrons. The molecule has 2 rings (SSSR count). The maximum Gasteiger partial charge on any atom is 0.336 e. The zero-order valence-electron chi connectivity index (χ0n) is 8.51. The summed E-state index contributed by atoms with van der Waals surface area (Å²) in [5.41, 5.74) is 0.884. The molecule has 0 saturated heterocycles. The molecule has 0 aliphatic carbocycles. The van der Waals surface area contributed by atoms with E-state index in [0.717, 1.165) is 0 Å². The number of nitrogens with zero attached hydrogens (tertiary/aromatic N) is 1. The first-order chi connectivity index (χ1) is 7.22. The summed E-state index contributed by atoms with van der Waals surface area (Å²) in [7, 11) is 1.54. The Morgan fingerprint density at radius 2 is 2.12 bits per heavy atom. The number of aromatic carboxylic acids is 1. The Morgan fingerprint density at radius 3 is 2.75 bits per heavy atom. The molecule has 5 heteroatoms. The van der Waals surface area contributed by atoms with Crippen LogP contribution in [0, 0.1) is 0 Å². The third-order valence-corrected chi connectivity index (χ3v) is 2.18. The summed E-state index contributed by atoms with van der Waals surface area (Å²) in [4.78, 5) is 15.0. The van der Waals surface area contributed by atoms with Crippen molar-refractivity contribution in [2.75, 3.05) is 7.11 Å². The predicted molar refractivity (Wildman–Crippen MR) is 62.5 cm³/mol. The summed E-state index contributed by atoms with van der Waals surface area (Å²) in [5, 5.41) is 9.57. The van der Waals surface area contributed by atoms with Crippen LogP contribution in [0.5, 0.6) is 5.75 Å². The number of aromatic nitrogens is 1. The molecule has 1 heterocycles. The van der Waals surface area contributed by atoms with E-state index in [4.69, 9.17) is 9.84 Å².